The summed E-state index contributed by atoms with van der Waals surface area (Å²) in [5, 5.41) is 10.0. The van der Waals surface area contributed by atoms with Gasteiger partial charge in [-0.05, 0) is 32.1 Å². The van der Waals surface area contributed by atoms with Gasteiger partial charge >= 0.3 is 0 Å². The SMILES string of the molecule is O=C([O-])CCCCC/C=C/CCCl. The highest BCUT2D eigenvalue weighted by molar-refractivity contribution is 6.17. The second kappa shape index (κ2) is 9.59. The van der Waals surface area contributed by atoms with Gasteiger partial charge in [-0.25, -0.2) is 0 Å². The van der Waals surface area contributed by atoms with Gasteiger partial charge in [0.25, 0.3) is 0 Å². The van der Waals surface area contributed by atoms with Crippen molar-refractivity contribution in [3.8, 4) is 0 Å². The van der Waals surface area contributed by atoms with Crippen LogP contribution >= 0.6 is 11.6 Å². The molecule has 0 saturated carbocycles. The van der Waals surface area contributed by atoms with Crippen LogP contribution in [0.3, 0.4) is 0 Å². The molecule has 0 heterocycles. The third-order valence-electron chi connectivity index (χ3n) is 1.69. The van der Waals surface area contributed by atoms with Crippen LogP contribution in [0, 0.1) is 0 Å². The maximum absolute atomic E-state index is 10.0. The number of carbonyl (C=O) groups is 1. The molecule has 3 heteroatoms. The van der Waals surface area contributed by atoms with Gasteiger partial charge in [-0.2, -0.15) is 0 Å². The number of hydrogen-bond acceptors (Lipinski definition) is 2. The van der Waals surface area contributed by atoms with Crippen molar-refractivity contribution in [2.45, 2.75) is 38.5 Å². The molecule has 0 spiro atoms. The Morgan fingerprint density at radius 1 is 1.15 bits per heavy atom. The molecule has 13 heavy (non-hydrogen) atoms. The van der Waals surface area contributed by atoms with Crippen LogP contribution in [-0.2, 0) is 4.79 Å². The monoisotopic (exact) mass is 203 g/mol. The first-order chi connectivity index (χ1) is 6.27. The van der Waals surface area contributed by atoms with E-state index in [0.29, 0.717) is 5.88 Å². The molecule has 2 nitrogen and oxygen atoms in total. The zero-order valence-corrected chi connectivity index (χ0v) is 8.55. The van der Waals surface area contributed by atoms with Crippen LogP contribution in [0.5, 0.6) is 0 Å². The molecule has 0 saturated heterocycles. The number of aliphatic carboxylic acids is 1. The Balaban J connectivity index is 3.03. The number of unbranched alkanes of at least 4 members (excludes halogenated alkanes) is 3. The molecule has 0 aliphatic carbocycles. The van der Waals surface area contributed by atoms with Crippen LogP contribution in [0.4, 0.5) is 0 Å². The van der Waals surface area contributed by atoms with Gasteiger partial charge in [-0.3, -0.25) is 0 Å². The van der Waals surface area contributed by atoms with E-state index in [1.807, 2.05) is 0 Å². The average molecular weight is 204 g/mol. The van der Waals surface area contributed by atoms with Crippen LogP contribution in [-0.4, -0.2) is 11.8 Å². The Morgan fingerprint density at radius 2 is 1.85 bits per heavy atom. The number of alkyl halides is 1. The lowest BCUT2D eigenvalue weighted by Crippen LogP contribution is -2.21. The lowest BCUT2D eigenvalue weighted by molar-refractivity contribution is -0.305. The summed E-state index contributed by atoms with van der Waals surface area (Å²) in [5.41, 5.74) is 0. The van der Waals surface area contributed by atoms with Crippen molar-refractivity contribution in [3.05, 3.63) is 12.2 Å². The van der Waals surface area contributed by atoms with Crippen LogP contribution in [0.25, 0.3) is 0 Å². The number of carbonyl (C=O) groups excluding carboxylic acids is 1. The fourth-order valence-electron chi connectivity index (χ4n) is 1.01. The van der Waals surface area contributed by atoms with Crippen molar-refractivity contribution < 1.29 is 9.90 Å². The Bertz CT molecular complexity index is 155. The molecule has 0 aliphatic heterocycles. The molecule has 0 fully saturated rings. The maximum atomic E-state index is 10.0. The molecule has 0 atom stereocenters. The molecule has 0 rings (SSSR count). The van der Waals surface area contributed by atoms with Gasteiger partial charge in [0.15, 0.2) is 0 Å². The Morgan fingerprint density at radius 3 is 2.46 bits per heavy atom. The first-order valence-electron chi connectivity index (χ1n) is 4.68. The highest BCUT2D eigenvalue weighted by Gasteiger charge is 1.88. The summed E-state index contributed by atoms with van der Waals surface area (Å²) >= 11 is 5.48. The molecule has 0 unspecified atom stereocenters. The predicted octanol–water partition coefficient (Wildman–Crippen LogP) is 1.87. The van der Waals surface area contributed by atoms with E-state index in [2.05, 4.69) is 12.2 Å². The molecule has 0 radical (unpaired) electrons. The summed E-state index contributed by atoms with van der Waals surface area (Å²) in [6.45, 7) is 0. The molecule has 0 aromatic rings. The molecular weight excluding hydrogens is 188 g/mol. The molecule has 0 aromatic carbocycles. The number of halogens is 1. The smallest absolute Gasteiger partial charge is 0.0414 e. The van der Waals surface area contributed by atoms with E-state index >= 15 is 0 Å². The highest BCUT2D eigenvalue weighted by atomic mass is 35.5. The minimum Gasteiger partial charge on any atom is -0.550 e. The molecule has 0 aromatic heterocycles. The van der Waals surface area contributed by atoms with Gasteiger partial charge < -0.3 is 9.90 Å². The summed E-state index contributed by atoms with van der Waals surface area (Å²) in [6, 6.07) is 0. The van der Waals surface area contributed by atoms with Crippen molar-refractivity contribution in [2.24, 2.45) is 0 Å². The highest BCUT2D eigenvalue weighted by Crippen LogP contribution is 2.03. The fourth-order valence-corrected chi connectivity index (χ4v) is 1.13. The first-order valence-corrected chi connectivity index (χ1v) is 5.21. The number of hydrogen-bond donors (Lipinski definition) is 0. The molecule has 0 N–H and O–H groups in total. The largest absolute Gasteiger partial charge is 0.550 e. The van der Waals surface area contributed by atoms with E-state index in [4.69, 9.17) is 11.6 Å². The van der Waals surface area contributed by atoms with Gasteiger partial charge in [0.2, 0.25) is 0 Å². The van der Waals surface area contributed by atoms with E-state index in [1.54, 1.807) is 0 Å². The van der Waals surface area contributed by atoms with E-state index in [9.17, 15) is 9.90 Å². The summed E-state index contributed by atoms with van der Waals surface area (Å²) in [7, 11) is 0. The Hall–Kier alpha value is -0.500. The van der Waals surface area contributed by atoms with Crippen molar-refractivity contribution in [1.82, 2.24) is 0 Å². The van der Waals surface area contributed by atoms with Crippen LogP contribution in [0.2, 0.25) is 0 Å². The lowest BCUT2D eigenvalue weighted by atomic mass is 10.1. The minimum atomic E-state index is -0.947. The van der Waals surface area contributed by atoms with Gasteiger partial charge in [-0.15, -0.1) is 11.6 Å². The van der Waals surface area contributed by atoms with E-state index in [-0.39, 0.29) is 6.42 Å². The predicted molar refractivity (Wildman–Crippen MR) is 52.6 cm³/mol. The standard InChI is InChI=1S/C10H17ClO2/c11-9-7-5-3-1-2-4-6-8-10(12)13/h3,5H,1-2,4,6-9H2,(H,12,13)/p-1/b5-3+. The summed E-state index contributed by atoms with van der Waals surface area (Å²) in [4.78, 5) is 10.0. The van der Waals surface area contributed by atoms with Crippen molar-refractivity contribution in [2.75, 3.05) is 5.88 Å². The maximum Gasteiger partial charge on any atom is 0.0414 e. The summed E-state index contributed by atoms with van der Waals surface area (Å²) in [6.07, 6.45) is 9.01. The average Bonchev–Trinajstić information content (AvgIpc) is 2.09. The lowest BCUT2D eigenvalue weighted by Gasteiger charge is -1.99. The summed E-state index contributed by atoms with van der Waals surface area (Å²) in [5.74, 6) is -0.279. The second-order valence-corrected chi connectivity index (χ2v) is 3.30. The number of rotatable bonds is 8. The van der Waals surface area contributed by atoms with Crippen molar-refractivity contribution in [1.29, 1.82) is 0 Å². The molecule has 0 bridgehead atoms. The van der Waals surface area contributed by atoms with E-state index in [1.165, 1.54) is 0 Å². The quantitative estimate of drug-likeness (QED) is 0.343. The van der Waals surface area contributed by atoms with Gasteiger partial charge in [0, 0.05) is 11.8 Å². The van der Waals surface area contributed by atoms with Gasteiger partial charge in [0.1, 0.15) is 0 Å². The second-order valence-electron chi connectivity index (χ2n) is 2.92. The molecule has 0 aliphatic rings. The summed E-state index contributed by atoms with van der Waals surface area (Å²) < 4.78 is 0. The number of carboxylic acids is 1. The third-order valence-corrected chi connectivity index (χ3v) is 1.91. The Kier molecular flexibility index (Phi) is 9.22. The minimum absolute atomic E-state index is 0.186. The van der Waals surface area contributed by atoms with Crippen LogP contribution < -0.4 is 5.11 Å². The zero-order valence-electron chi connectivity index (χ0n) is 7.80. The normalized spacial score (nSPS) is 10.8. The third kappa shape index (κ3) is 11.5. The number of carboxylic acid groups (broad SMARTS) is 1. The van der Waals surface area contributed by atoms with Crippen LogP contribution in [0.1, 0.15) is 38.5 Å². The van der Waals surface area contributed by atoms with Gasteiger partial charge in [-0.1, -0.05) is 18.6 Å². The molecule has 0 amide bonds. The topological polar surface area (TPSA) is 40.1 Å². The van der Waals surface area contributed by atoms with Gasteiger partial charge in [0.05, 0.1) is 0 Å². The van der Waals surface area contributed by atoms with E-state index in [0.717, 1.165) is 32.1 Å². The van der Waals surface area contributed by atoms with Crippen molar-refractivity contribution >= 4 is 17.6 Å². The Labute approximate surface area is 84.6 Å². The zero-order chi connectivity index (χ0) is 9.94. The number of allylic oxidation sites excluding steroid dienone is 2. The fraction of sp³-hybridized carbons (Fsp3) is 0.700. The molecule has 76 valence electrons. The van der Waals surface area contributed by atoms with Crippen molar-refractivity contribution in [3.63, 3.8) is 0 Å². The first kappa shape index (κ1) is 12.5. The molecular formula is C10H16ClO2-. The van der Waals surface area contributed by atoms with E-state index < -0.39 is 5.97 Å². The van der Waals surface area contributed by atoms with Crippen LogP contribution in [0.15, 0.2) is 12.2 Å².